The van der Waals surface area contributed by atoms with Crippen LogP contribution in [0.5, 0.6) is 0 Å². The normalized spacial score (nSPS) is 30.8. The molecular formula is C5H6N3OW. The van der Waals surface area contributed by atoms with E-state index in [-0.39, 0.29) is 21.1 Å². The first-order valence-electron chi connectivity index (χ1n) is 2.50. The van der Waals surface area contributed by atoms with Crippen molar-refractivity contribution in [2.24, 2.45) is 4.99 Å². The molecule has 1 aliphatic rings. The fourth-order valence-electron chi connectivity index (χ4n) is 0.518. The molecular weight excluding hydrogens is 302 g/mol. The molecule has 1 radical (unpaired) electrons. The van der Waals surface area contributed by atoms with Crippen LogP contribution in [0.3, 0.4) is 0 Å². The zero-order valence-corrected chi connectivity index (χ0v) is 8.01. The van der Waals surface area contributed by atoms with E-state index in [4.69, 9.17) is 12.7 Å². The maximum atomic E-state index is 10.5. The van der Waals surface area contributed by atoms with Crippen molar-refractivity contribution >= 4 is 12.2 Å². The van der Waals surface area contributed by atoms with Crippen LogP contribution >= 0.6 is 0 Å². The van der Waals surface area contributed by atoms with Crippen LogP contribution in [0.2, 0.25) is 0 Å². The Hall–Kier alpha value is -0.212. The van der Waals surface area contributed by atoms with Crippen molar-refractivity contribution in [3.05, 3.63) is 12.7 Å². The van der Waals surface area contributed by atoms with Crippen molar-refractivity contribution in [2.45, 2.75) is 12.1 Å². The van der Waals surface area contributed by atoms with E-state index in [1.165, 1.54) is 6.34 Å². The van der Waals surface area contributed by atoms with E-state index in [9.17, 15) is 4.79 Å². The number of nitrogens with zero attached hydrogens (tertiary/aromatic N) is 1. The molecule has 5 heteroatoms. The molecule has 1 heterocycles. The summed E-state index contributed by atoms with van der Waals surface area (Å²) in [5.74, 6) is -0.391. The topological polar surface area (TPSA) is 65.3 Å². The van der Waals surface area contributed by atoms with Gasteiger partial charge in [0.1, 0.15) is 0 Å². The molecule has 1 aliphatic heterocycles. The third-order valence-electron chi connectivity index (χ3n) is 1.08. The van der Waals surface area contributed by atoms with Crippen LogP contribution in [0.15, 0.2) is 4.99 Å². The Morgan fingerprint density at radius 1 is 1.80 bits per heavy atom. The van der Waals surface area contributed by atoms with Gasteiger partial charge in [0.25, 0.3) is 0 Å². The van der Waals surface area contributed by atoms with E-state index in [1.54, 1.807) is 0 Å². The van der Waals surface area contributed by atoms with Crippen molar-refractivity contribution in [1.82, 2.24) is 5.32 Å². The molecule has 0 bridgehead atoms. The minimum absolute atomic E-state index is 0. The second-order valence-electron chi connectivity index (χ2n) is 1.76. The van der Waals surface area contributed by atoms with Gasteiger partial charge in [0, 0.05) is 0 Å². The number of aliphatic imine (C=N–C) groups is 1. The standard InChI is InChI=1S/C5H6N3O.W/c1-3-4(6)5(9)8-2-7-3;/h1-4,6H,(H,7,8,9);/q-2;+2. The first-order valence-corrected chi connectivity index (χ1v) is 2.50. The van der Waals surface area contributed by atoms with Gasteiger partial charge in [-0.25, -0.2) is 0 Å². The molecule has 0 saturated heterocycles. The van der Waals surface area contributed by atoms with Crippen molar-refractivity contribution < 1.29 is 25.9 Å². The largest absolute Gasteiger partial charge is 2.00 e. The number of nitrogens with one attached hydrogen (secondary N) is 2. The summed E-state index contributed by atoms with van der Waals surface area (Å²) in [7, 11) is 0. The number of hydrogen-bond acceptors (Lipinski definition) is 2. The third-order valence-corrected chi connectivity index (χ3v) is 1.08. The zero-order chi connectivity index (χ0) is 6.85. The van der Waals surface area contributed by atoms with E-state index in [2.05, 4.69) is 10.3 Å². The molecule has 0 fully saturated rings. The van der Waals surface area contributed by atoms with Crippen LogP contribution in [0.1, 0.15) is 0 Å². The van der Waals surface area contributed by atoms with Crippen LogP contribution in [0.4, 0.5) is 0 Å². The first-order chi connectivity index (χ1) is 4.22. The van der Waals surface area contributed by atoms with Crippen LogP contribution in [-0.4, -0.2) is 24.3 Å². The van der Waals surface area contributed by atoms with Crippen molar-refractivity contribution in [3.8, 4) is 0 Å². The van der Waals surface area contributed by atoms with Gasteiger partial charge >= 0.3 is 21.1 Å². The molecule has 0 saturated carbocycles. The maximum Gasteiger partial charge on any atom is 2.00 e. The summed E-state index contributed by atoms with van der Waals surface area (Å²) in [6.07, 6.45) is 1.22. The predicted octanol–water partition coefficient (Wildman–Crippen LogP) is -0.358. The Kier molecular flexibility index (Phi) is 3.75. The Balaban J connectivity index is 0.000000810. The van der Waals surface area contributed by atoms with Gasteiger partial charge in [-0.3, -0.25) is 4.79 Å². The second kappa shape index (κ2) is 3.84. The fraction of sp³-hybridized carbons (Fsp3) is 0.400. The summed E-state index contributed by atoms with van der Waals surface area (Å²) >= 11 is 0. The summed E-state index contributed by atoms with van der Waals surface area (Å²) in [4.78, 5) is 14.1. The van der Waals surface area contributed by atoms with Gasteiger partial charge < -0.3 is 23.0 Å². The predicted molar refractivity (Wildman–Crippen MR) is 32.8 cm³/mol. The minimum atomic E-state index is -0.949. The molecule has 2 N–H and O–H groups in total. The average molecular weight is 308 g/mol. The van der Waals surface area contributed by atoms with Crippen LogP contribution in [0.25, 0.3) is 5.73 Å². The molecule has 10 heavy (non-hydrogen) atoms. The molecule has 0 aromatic rings. The number of rotatable bonds is 0. The third kappa shape index (κ3) is 1.89. The monoisotopic (exact) mass is 308 g/mol. The summed E-state index contributed by atoms with van der Waals surface area (Å²) in [5.41, 5.74) is 7.03. The molecule has 0 aromatic heterocycles. The minimum Gasteiger partial charge on any atom is -0.667 e. The molecule has 2 unspecified atom stereocenters. The first kappa shape index (κ1) is 9.79. The smallest absolute Gasteiger partial charge is 0.667 e. The molecule has 1 rings (SSSR count). The molecule has 2 atom stereocenters. The maximum absolute atomic E-state index is 10.5. The molecule has 0 aromatic carbocycles. The van der Waals surface area contributed by atoms with E-state index in [1.807, 2.05) is 0 Å². The number of hydrogen-bond donors (Lipinski definition) is 1. The van der Waals surface area contributed by atoms with Crippen LogP contribution < -0.4 is 5.32 Å². The van der Waals surface area contributed by atoms with Gasteiger partial charge in [0.2, 0.25) is 5.91 Å². The Bertz CT molecular complexity index is 159. The van der Waals surface area contributed by atoms with Crippen LogP contribution in [0, 0.1) is 6.92 Å². The van der Waals surface area contributed by atoms with Gasteiger partial charge in [0.05, 0.1) is 6.34 Å². The molecule has 0 spiro atoms. The van der Waals surface area contributed by atoms with Crippen molar-refractivity contribution in [1.29, 1.82) is 0 Å². The van der Waals surface area contributed by atoms with E-state index < -0.39 is 18.0 Å². The van der Waals surface area contributed by atoms with Gasteiger partial charge in [-0.1, -0.05) is 6.04 Å². The Morgan fingerprint density at radius 2 is 2.40 bits per heavy atom. The molecule has 1 amide bonds. The molecule has 4 nitrogen and oxygen atoms in total. The van der Waals surface area contributed by atoms with Crippen molar-refractivity contribution in [3.63, 3.8) is 0 Å². The van der Waals surface area contributed by atoms with Gasteiger partial charge in [0.15, 0.2) is 0 Å². The van der Waals surface area contributed by atoms with Crippen LogP contribution in [-0.2, 0) is 25.9 Å². The van der Waals surface area contributed by atoms with E-state index in [0.29, 0.717) is 0 Å². The summed E-state index contributed by atoms with van der Waals surface area (Å²) in [6.45, 7) is 5.22. The Morgan fingerprint density at radius 3 is 2.80 bits per heavy atom. The van der Waals surface area contributed by atoms with Crippen molar-refractivity contribution in [2.75, 3.05) is 0 Å². The fourth-order valence-corrected chi connectivity index (χ4v) is 0.518. The van der Waals surface area contributed by atoms with E-state index in [0.717, 1.165) is 0 Å². The van der Waals surface area contributed by atoms with Gasteiger partial charge in [-0.2, -0.15) is 0 Å². The average Bonchev–Trinajstić information content (AvgIpc) is 1.83. The number of carbonyl (C=O) groups excluding carboxylic acids is 1. The zero-order valence-electron chi connectivity index (χ0n) is 5.07. The van der Waals surface area contributed by atoms with E-state index >= 15 is 0 Å². The Labute approximate surface area is 73.5 Å². The summed E-state index contributed by atoms with van der Waals surface area (Å²) in [6, 6.07) is -1.64. The molecule has 0 aliphatic carbocycles. The SMILES string of the molecule is [CH-]C1N=CNC(=O)C1[NH-].[W+2]. The quantitative estimate of drug-likeness (QED) is 0.611. The van der Waals surface area contributed by atoms with Gasteiger partial charge in [-0.15, -0.1) is 6.04 Å². The summed E-state index contributed by atoms with van der Waals surface area (Å²) in [5, 5.41) is 2.26. The molecule has 53 valence electrons. The summed E-state index contributed by atoms with van der Waals surface area (Å²) < 4.78 is 0. The second-order valence-corrected chi connectivity index (χ2v) is 1.76. The van der Waals surface area contributed by atoms with Gasteiger partial charge in [-0.05, 0) is 0 Å². The number of amides is 1. The number of carbonyl (C=O) groups is 1.